The van der Waals surface area contributed by atoms with Crippen molar-refractivity contribution in [1.82, 2.24) is 9.88 Å². The third-order valence-electron chi connectivity index (χ3n) is 3.16. The van der Waals surface area contributed by atoms with Crippen LogP contribution in [0.2, 0.25) is 5.15 Å². The second-order valence-corrected chi connectivity index (χ2v) is 5.84. The summed E-state index contributed by atoms with van der Waals surface area (Å²) in [5, 5.41) is 2.32. The highest BCUT2D eigenvalue weighted by Gasteiger charge is 2.23. The number of thiophene rings is 1. The van der Waals surface area contributed by atoms with Crippen molar-refractivity contribution in [2.24, 2.45) is 0 Å². The van der Waals surface area contributed by atoms with Crippen molar-refractivity contribution in [2.45, 2.75) is 13.0 Å². The molecule has 1 aliphatic rings. The molecule has 0 bridgehead atoms. The van der Waals surface area contributed by atoms with Crippen molar-refractivity contribution >= 4 is 34.7 Å². The lowest BCUT2D eigenvalue weighted by Crippen LogP contribution is -2.35. The molecule has 2 aromatic heterocycles. The second-order valence-electron chi connectivity index (χ2n) is 4.45. The Balaban J connectivity index is 1.85. The number of hydrogen-bond acceptors (Lipinski definition) is 4. The number of rotatable bonds is 1. The number of carbonyl (C=O) groups is 1. The molecule has 0 saturated heterocycles. The molecule has 0 saturated carbocycles. The standard InChI is InChI=1S/C13H12ClN3OS/c14-11-5-9(6-12(15)16-11)13(18)17-3-1-10-8(7-17)2-4-19-10/h2,4-6H,1,3,7H2,(H2,15,16). The Bertz CT molecular complexity index is 620. The molecule has 0 aliphatic carbocycles. The van der Waals surface area contributed by atoms with Crippen LogP contribution in [0.1, 0.15) is 20.8 Å². The molecule has 3 rings (SSSR count). The molecule has 0 aromatic carbocycles. The molecule has 0 fully saturated rings. The number of fused-ring (bicyclic) bond motifs is 1. The summed E-state index contributed by atoms with van der Waals surface area (Å²) >= 11 is 7.59. The number of anilines is 1. The van der Waals surface area contributed by atoms with Crippen molar-refractivity contribution in [2.75, 3.05) is 12.3 Å². The highest BCUT2D eigenvalue weighted by molar-refractivity contribution is 7.10. The van der Waals surface area contributed by atoms with E-state index in [1.165, 1.54) is 10.4 Å². The average Bonchev–Trinajstić information content (AvgIpc) is 2.83. The maximum atomic E-state index is 12.4. The van der Waals surface area contributed by atoms with Crippen LogP contribution >= 0.6 is 22.9 Å². The smallest absolute Gasteiger partial charge is 0.254 e. The quantitative estimate of drug-likeness (QED) is 0.822. The normalized spacial score (nSPS) is 14.3. The van der Waals surface area contributed by atoms with E-state index in [2.05, 4.69) is 16.4 Å². The van der Waals surface area contributed by atoms with Crippen LogP contribution in [0.4, 0.5) is 5.82 Å². The van der Waals surface area contributed by atoms with E-state index in [1.54, 1.807) is 23.5 Å². The predicted molar refractivity (Wildman–Crippen MR) is 76.4 cm³/mol. The van der Waals surface area contributed by atoms with E-state index in [1.807, 2.05) is 4.90 Å². The highest BCUT2D eigenvalue weighted by atomic mass is 35.5. The van der Waals surface area contributed by atoms with Gasteiger partial charge in [0.05, 0.1) is 0 Å². The molecule has 4 nitrogen and oxygen atoms in total. The van der Waals surface area contributed by atoms with Gasteiger partial charge in [-0.1, -0.05) is 11.6 Å². The minimum absolute atomic E-state index is 0.0483. The van der Waals surface area contributed by atoms with E-state index in [9.17, 15) is 4.79 Å². The lowest BCUT2D eigenvalue weighted by Gasteiger charge is -2.27. The van der Waals surface area contributed by atoms with E-state index >= 15 is 0 Å². The molecule has 1 amide bonds. The summed E-state index contributed by atoms with van der Waals surface area (Å²) in [6, 6.07) is 5.20. The van der Waals surface area contributed by atoms with Gasteiger partial charge in [-0.3, -0.25) is 4.79 Å². The first kappa shape index (κ1) is 12.4. The number of amides is 1. The maximum absolute atomic E-state index is 12.4. The van der Waals surface area contributed by atoms with Crippen molar-refractivity contribution in [3.8, 4) is 0 Å². The number of nitrogens with zero attached hydrogens (tertiary/aromatic N) is 2. The molecule has 2 aromatic rings. The van der Waals surface area contributed by atoms with Crippen molar-refractivity contribution in [3.63, 3.8) is 0 Å². The largest absolute Gasteiger partial charge is 0.384 e. The van der Waals surface area contributed by atoms with Gasteiger partial charge in [-0.05, 0) is 35.6 Å². The fourth-order valence-corrected chi connectivity index (χ4v) is 3.35. The van der Waals surface area contributed by atoms with Crippen LogP contribution in [0.5, 0.6) is 0 Å². The third-order valence-corrected chi connectivity index (χ3v) is 4.37. The monoisotopic (exact) mass is 293 g/mol. The van der Waals surface area contributed by atoms with E-state index < -0.39 is 0 Å². The Hall–Kier alpha value is -1.59. The van der Waals surface area contributed by atoms with Gasteiger partial charge in [0.2, 0.25) is 0 Å². The molecule has 19 heavy (non-hydrogen) atoms. The zero-order valence-corrected chi connectivity index (χ0v) is 11.7. The van der Waals surface area contributed by atoms with Crippen LogP contribution in [0.25, 0.3) is 0 Å². The zero-order valence-electron chi connectivity index (χ0n) is 10.1. The summed E-state index contributed by atoms with van der Waals surface area (Å²) in [6.45, 7) is 1.38. The number of nitrogens with two attached hydrogens (primary N) is 1. The number of aromatic nitrogens is 1. The first-order valence-electron chi connectivity index (χ1n) is 5.91. The Morgan fingerprint density at radius 3 is 3.11 bits per heavy atom. The SMILES string of the molecule is Nc1cc(C(=O)N2CCc3sccc3C2)cc(Cl)n1. The van der Waals surface area contributed by atoms with Gasteiger partial charge in [0.1, 0.15) is 11.0 Å². The van der Waals surface area contributed by atoms with Gasteiger partial charge in [-0.15, -0.1) is 11.3 Å². The fourth-order valence-electron chi connectivity index (χ4n) is 2.25. The second kappa shape index (κ2) is 4.83. The van der Waals surface area contributed by atoms with E-state index in [0.29, 0.717) is 12.1 Å². The van der Waals surface area contributed by atoms with Crippen LogP contribution in [0, 0.1) is 0 Å². The van der Waals surface area contributed by atoms with Crippen LogP contribution in [0.3, 0.4) is 0 Å². The first-order valence-corrected chi connectivity index (χ1v) is 7.17. The van der Waals surface area contributed by atoms with Crippen LogP contribution < -0.4 is 5.73 Å². The number of halogens is 1. The topological polar surface area (TPSA) is 59.2 Å². The highest BCUT2D eigenvalue weighted by Crippen LogP contribution is 2.25. The van der Waals surface area contributed by atoms with Crippen LogP contribution in [0.15, 0.2) is 23.6 Å². The van der Waals surface area contributed by atoms with Crippen LogP contribution in [-0.2, 0) is 13.0 Å². The molecule has 3 heterocycles. The summed E-state index contributed by atoms with van der Waals surface area (Å²) in [5.41, 5.74) is 7.35. The summed E-state index contributed by atoms with van der Waals surface area (Å²) < 4.78 is 0. The number of pyridine rings is 1. The Morgan fingerprint density at radius 2 is 2.32 bits per heavy atom. The van der Waals surface area contributed by atoms with E-state index in [0.717, 1.165) is 13.0 Å². The molecular weight excluding hydrogens is 282 g/mol. The Kier molecular flexibility index (Phi) is 3.16. The van der Waals surface area contributed by atoms with E-state index in [-0.39, 0.29) is 16.9 Å². The molecule has 2 N–H and O–H groups in total. The average molecular weight is 294 g/mol. The number of hydrogen-bond donors (Lipinski definition) is 1. The van der Waals surface area contributed by atoms with Crippen LogP contribution in [-0.4, -0.2) is 22.3 Å². The molecule has 6 heteroatoms. The molecule has 0 atom stereocenters. The van der Waals surface area contributed by atoms with Crippen molar-refractivity contribution < 1.29 is 4.79 Å². The Labute approximate surface area is 119 Å². The minimum atomic E-state index is -0.0483. The Morgan fingerprint density at radius 1 is 1.47 bits per heavy atom. The third kappa shape index (κ3) is 2.43. The molecule has 0 unspecified atom stereocenters. The van der Waals surface area contributed by atoms with Gasteiger partial charge in [0.15, 0.2) is 0 Å². The lowest BCUT2D eigenvalue weighted by molar-refractivity contribution is 0.0736. The van der Waals surface area contributed by atoms with Gasteiger partial charge < -0.3 is 10.6 Å². The van der Waals surface area contributed by atoms with Gasteiger partial charge in [0, 0.05) is 23.5 Å². The van der Waals surface area contributed by atoms with Gasteiger partial charge in [0.25, 0.3) is 5.91 Å². The number of nitrogen functional groups attached to an aromatic ring is 1. The maximum Gasteiger partial charge on any atom is 0.254 e. The summed E-state index contributed by atoms with van der Waals surface area (Å²) in [4.78, 5) is 19.5. The lowest BCUT2D eigenvalue weighted by atomic mass is 10.1. The zero-order chi connectivity index (χ0) is 13.4. The van der Waals surface area contributed by atoms with Gasteiger partial charge >= 0.3 is 0 Å². The fraction of sp³-hybridized carbons (Fsp3) is 0.231. The number of carbonyl (C=O) groups excluding carboxylic acids is 1. The van der Waals surface area contributed by atoms with Gasteiger partial charge in [-0.25, -0.2) is 4.98 Å². The predicted octanol–water partition coefficient (Wildman–Crippen LogP) is 2.58. The summed E-state index contributed by atoms with van der Waals surface area (Å²) in [7, 11) is 0. The molecule has 0 spiro atoms. The molecular formula is C13H12ClN3OS. The van der Waals surface area contributed by atoms with Crippen molar-refractivity contribution in [3.05, 3.63) is 44.7 Å². The first-order chi connectivity index (χ1) is 9.13. The van der Waals surface area contributed by atoms with E-state index in [4.69, 9.17) is 17.3 Å². The van der Waals surface area contributed by atoms with Crippen molar-refractivity contribution in [1.29, 1.82) is 0 Å². The molecule has 98 valence electrons. The molecule has 1 aliphatic heterocycles. The summed E-state index contributed by atoms with van der Waals surface area (Å²) in [5.74, 6) is 0.219. The summed E-state index contributed by atoms with van der Waals surface area (Å²) in [6.07, 6.45) is 0.910. The minimum Gasteiger partial charge on any atom is -0.384 e. The van der Waals surface area contributed by atoms with Gasteiger partial charge in [-0.2, -0.15) is 0 Å². The molecule has 0 radical (unpaired) electrons.